The maximum absolute atomic E-state index is 3.63. The summed E-state index contributed by atoms with van der Waals surface area (Å²) in [5.41, 5.74) is 1.39. The SMILES string of the molecule is CC1CN(Cc2ccccc2Br)CC1N(C)C. The number of nitrogens with zero attached hydrogens (tertiary/aromatic N) is 2. The third kappa shape index (κ3) is 3.09. The molecular weight excluding hydrogens is 276 g/mol. The lowest BCUT2D eigenvalue weighted by Crippen LogP contribution is -2.34. The van der Waals surface area contributed by atoms with Crippen LogP contribution in [0.15, 0.2) is 28.7 Å². The van der Waals surface area contributed by atoms with Crippen molar-refractivity contribution in [1.29, 1.82) is 0 Å². The Morgan fingerprint density at radius 3 is 2.59 bits per heavy atom. The summed E-state index contributed by atoms with van der Waals surface area (Å²) in [7, 11) is 4.37. The Bertz CT molecular complexity index is 378. The van der Waals surface area contributed by atoms with Crippen molar-refractivity contribution in [2.75, 3.05) is 27.2 Å². The molecule has 1 aromatic rings. The van der Waals surface area contributed by atoms with E-state index in [1.54, 1.807) is 0 Å². The lowest BCUT2D eigenvalue weighted by Gasteiger charge is -2.22. The van der Waals surface area contributed by atoms with Gasteiger partial charge < -0.3 is 4.90 Å². The monoisotopic (exact) mass is 296 g/mol. The standard InChI is InChI=1S/C14H21BrN2/c1-11-8-17(10-14(11)16(2)3)9-12-6-4-5-7-13(12)15/h4-7,11,14H,8-10H2,1-3H3. The van der Waals surface area contributed by atoms with Gasteiger partial charge in [-0.05, 0) is 31.6 Å². The van der Waals surface area contributed by atoms with Crippen molar-refractivity contribution >= 4 is 15.9 Å². The maximum atomic E-state index is 3.63. The van der Waals surface area contributed by atoms with Crippen LogP contribution in [0.2, 0.25) is 0 Å². The van der Waals surface area contributed by atoms with Crippen LogP contribution < -0.4 is 0 Å². The minimum Gasteiger partial charge on any atom is -0.305 e. The van der Waals surface area contributed by atoms with E-state index in [2.05, 4.69) is 71.0 Å². The van der Waals surface area contributed by atoms with Crippen LogP contribution in [0.1, 0.15) is 12.5 Å². The molecule has 2 atom stereocenters. The van der Waals surface area contributed by atoms with E-state index in [1.165, 1.54) is 23.1 Å². The average Bonchev–Trinajstić information content (AvgIpc) is 2.63. The van der Waals surface area contributed by atoms with Crippen LogP contribution in [-0.4, -0.2) is 43.0 Å². The molecule has 1 aromatic carbocycles. The fraction of sp³-hybridized carbons (Fsp3) is 0.571. The number of hydrogen-bond donors (Lipinski definition) is 0. The molecule has 17 heavy (non-hydrogen) atoms. The number of benzene rings is 1. The molecule has 3 heteroatoms. The molecule has 2 unspecified atom stereocenters. The second-order valence-electron chi connectivity index (χ2n) is 5.29. The molecule has 0 amide bonds. The third-order valence-corrected chi connectivity index (χ3v) is 4.44. The molecule has 0 aromatic heterocycles. The molecule has 2 rings (SSSR count). The van der Waals surface area contributed by atoms with E-state index in [1.807, 2.05) is 0 Å². The van der Waals surface area contributed by atoms with E-state index in [4.69, 9.17) is 0 Å². The summed E-state index contributed by atoms with van der Waals surface area (Å²) in [4.78, 5) is 4.90. The van der Waals surface area contributed by atoms with Gasteiger partial charge >= 0.3 is 0 Å². The van der Waals surface area contributed by atoms with Gasteiger partial charge in [-0.1, -0.05) is 41.1 Å². The fourth-order valence-electron chi connectivity index (χ4n) is 2.72. The van der Waals surface area contributed by atoms with Gasteiger partial charge in [-0.25, -0.2) is 0 Å². The molecular formula is C14H21BrN2. The highest BCUT2D eigenvalue weighted by Gasteiger charge is 2.30. The van der Waals surface area contributed by atoms with Crippen molar-refractivity contribution in [3.8, 4) is 0 Å². The molecule has 0 radical (unpaired) electrons. The molecule has 0 N–H and O–H groups in total. The van der Waals surface area contributed by atoms with Crippen molar-refractivity contribution in [2.24, 2.45) is 5.92 Å². The van der Waals surface area contributed by atoms with Gasteiger partial charge in [-0.15, -0.1) is 0 Å². The predicted octanol–water partition coefficient (Wildman–Crippen LogP) is 2.83. The van der Waals surface area contributed by atoms with Crippen molar-refractivity contribution in [3.63, 3.8) is 0 Å². The highest BCUT2D eigenvalue weighted by atomic mass is 79.9. The number of likely N-dealkylation sites (tertiary alicyclic amines) is 1. The summed E-state index contributed by atoms with van der Waals surface area (Å²) in [5.74, 6) is 0.757. The van der Waals surface area contributed by atoms with Crippen LogP contribution in [0.25, 0.3) is 0 Å². The molecule has 0 saturated carbocycles. The summed E-state index contributed by atoms with van der Waals surface area (Å²) >= 11 is 3.63. The zero-order chi connectivity index (χ0) is 12.4. The Kier molecular flexibility index (Phi) is 4.23. The number of likely N-dealkylation sites (N-methyl/N-ethyl adjacent to an activating group) is 1. The van der Waals surface area contributed by atoms with Crippen molar-refractivity contribution in [2.45, 2.75) is 19.5 Å². The van der Waals surface area contributed by atoms with Crippen LogP contribution >= 0.6 is 15.9 Å². The Labute approximate surface area is 113 Å². The topological polar surface area (TPSA) is 6.48 Å². The van der Waals surface area contributed by atoms with Gasteiger partial charge in [0, 0.05) is 30.1 Å². The van der Waals surface area contributed by atoms with Gasteiger partial charge in [0.15, 0.2) is 0 Å². The van der Waals surface area contributed by atoms with Gasteiger partial charge in [0.05, 0.1) is 0 Å². The van der Waals surface area contributed by atoms with E-state index in [0.29, 0.717) is 6.04 Å². The third-order valence-electron chi connectivity index (χ3n) is 3.66. The van der Waals surface area contributed by atoms with Gasteiger partial charge in [-0.2, -0.15) is 0 Å². The van der Waals surface area contributed by atoms with Gasteiger partial charge in [-0.3, -0.25) is 4.90 Å². The molecule has 0 bridgehead atoms. The lowest BCUT2D eigenvalue weighted by atomic mass is 10.1. The minimum absolute atomic E-state index is 0.692. The van der Waals surface area contributed by atoms with Crippen molar-refractivity contribution < 1.29 is 0 Å². The summed E-state index contributed by atoms with van der Waals surface area (Å²) in [6, 6.07) is 9.21. The minimum atomic E-state index is 0.692. The van der Waals surface area contributed by atoms with Crippen LogP contribution in [-0.2, 0) is 6.54 Å². The van der Waals surface area contributed by atoms with E-state index in [-0.39, 0.29) is 0 Å². The summed E-state index contributed by atoms with van der Waals surface area (Å²) in [6.45, 7) is 5.78. The molecule has 0 spiro atoms. The Morgan fingerprint density at radius 2 is 2.00 bits per heavy atom. The van der Waals surface area contributed by atoms with Gasteiger partial charge in [0.25, 0.3) is 0 Å². The molecule has 1 heterocycles. The quantitative estimate of drug-likeness (QED) is 0.846. The predicted molar refractivity (Wildman–Crippen MR) is 76.1 cm³/mol. The largest absolute Gasteiger partial charge is 0.305 e. The number of halogens is 1. The van der Waals surface area contributed by atoms with Gasteiger partial charge in [0.2, 0.25) is 0 Å². The first-order valence-corrected chi connectivity index (χ1v) is 6.99. The summed E-state index contributed by atoms with van der Waals surface area (Å²) in [5, 5.41) is 0. The first kappa shape index (κ1) is 13.1. The molecule has 94 valence electrons. The fourth-order valence-corrected chi connectivity index (χ4v) is 3.13. The smallest absolute Gasteiger partial charge is 0.0254 e. The van der Waals surface area contributed by atoms with Crippen molar-refractivity contribution in [3.05, 3.63) is 34.3 Å². The molecule has 2 nitrogen and oxygen atoms in total. The maximum Gasteiger partial charge on any atom is 0.0254 e. The van der Waals surface area contributed by atoms with E-state index >= 15 is 0 Å². The van der Waals surface area contributed by atoms with Gasteiger partial charge in [0.1, 0.15) is 0 Å². The Balaban J connectivity index is 2.00. The highest BCUT2D eigenvalue weighted by molar-refractivity contribution is 9.10. The Hall–Kier alpha value is -0.380. The highest BCUT2D eigenvalue weighted by Crippen LogP contribution is 2.24. The average molecular weight is 297 g/mol. The zero-order valence-corrected chi connectivity index (χ0v) is 12.4. The van der Waals surface area contributed by atoms with E-state index < -0.39 is 0 Å². The summed E-state index contributed by atoms with van der Waals surface area (Å²) in [6.07, 6.45) is 0. The number of rotatable bonds is 3. The number of hydrogen-bond acceptors (Lipinski definition) is 2. The molecule has 0 aliphatic carbocycles. The first-order valence-electron chi connectivity index (χ1n) is 6.20. The molecule has 1 saturated heterocycles. The molecule has 1 aliphatic rings. The second-order valence-corrected chi connectivity index (χ2v) is 6.15. The first-order chi connectivity index (χ1) is 8.08. The van der Waals surface area contributed by atoms with Crippen LogP contribution in [0.4, 0.5) is 0 Å². The normalized spacial score (nSPS) is 25.7. The summed E-state index contributed by atoms with van der Waals surface area (Å²) < 4.78 is 1.22. The Morgan fingerprint density at radius 1 is 1.29 bits per heavy atom. The van der Waals surface area contributed by atoms with Crippen LogP contribution in [0, 0.1) is 5.92 Å². The molecule has 1 aliphatic heterocycles. The second kappa shape index (κ2) is 5.51. The van der Waals surface area contributed by atoms with Crippen LogP contribution in [0.3, 0.4) is 0 Å². The van der Waals surface area contributed by atoms with Crippen molar-refractivity contribution in [1.82, 2.24) is 9.80 Å². The zero-order valence-electron chi connectivity index (χ0n) is 10.9. The van der Waals surface area contributed by atoms with Crippen LogP contribution in [0.5, 0.6) is 0 Å². The molecule has 1 fully saturated rings. The van der Waals surface area contributed by atoms with E-state index in [9.17, 15) is 0 Å². The lowest BCUT2D eigenvalue weighted by molar-refractivity contribution is 0.250. The van der Waals surface area contributed by atoms with E-state index in [0.717, 1.165) is 12.5 Å².